The largest absolute Gasteiger partial charge is 0.399 e. The summed E-state index contributed by atoms with van der Waals surface area (Å²) in [5.41, 5.74) is 1.20. The minimum Gasteiger partial charge on any atom is -0.399 e. The van der Waals surface area contributed by atoms with E-state index in [-0.39, 0.29) is 0 Å². The molecular weight excluding hydrogens is 306 g/mol. The highest BCUT2D eigenvalue weighted by atomic mass is 17.3. The van der Waals surface area contributed by atoms with Gasteiger partial charge < -0.3 is 9.57 Å². The summed E-state index contributed by atoms with van der Waals surface area (Å²) in [5.74, 6) is 3.25. The maximum atomic E-state index is 6.79. The summed E-state index contributed by atoms with van der Waals surface area (Å²) in [5, 5.41) is 4.17. The lowest BCUT2D eigenvalue weighted by Crippen LogP contribution is -2.59. The van der Waals surface area contributed by atoms with E-state index in [0.717, 1.165) is 37.5 Å². The lowest BCUT2D eigenvalue weighted by molar-refractivity contribution is -0.388. The van der Waals surface area contributed by atoms with E-state index in [1.807, 2.05) is 0 Å². The molecule has 7 fully saturated rings. The van der Waals surface area contributed by atoms with Crippen molar-refractivity contribution in [2.75, 3.05) is 7.11 Å². The van der Waals surface area contributed by atoms with E-state index in [4.69, 9.17) is 19.3 Å². The van der Waals surface area contributed by atoms with Crippen LogP contribution in [0.4, 0.5) is 0 Å². The first-order valence-corrected chi connectivity index (χ1v) is 9.84. The van der Waals surface area contributed by atoms with Crippen LogP contribution < -0.4 is 0 Å². The van der Waals surface area contributed by atoms with Gasteiger partial charge in [0, 0.05) is 24.7 Å². The van der Waals surface area contributed by atoms with Crippen LogP contribution in [0.3, 0.4) is 0 Å². The predicted octanol–water partition coefficient (Wildman–Crippen LogP) is 3.64. The molecule has 132 valence electrons. The summed E-state index contributed by atoms with van der Waals surface area (Å²) in [6, 6.07) is 0. The minimum atomic E-state index is -0.483. The van der Waals surface area contributed by atoms with Gasteiger partial charge in [-0.2, -0.15) is 9.78 Å². The molecule has 2 spiro atoms. The average Bonchev–Trinajstić information content (AvgIpc) is 3.18. The fraction of sp³-hybridized carbons (Fsp3) is 0.947. The number of rotatable bonds is 1. The topological polar surface area (TPSA) is 49.3 Å². The van der Waals surface area contributed by atoms with Gasteiger partial charge in [0.25, 0.3) is 0 Å². The number of fused-ring (bicyclic) bond motifs is 1. The summed E-state index contributed by atoms with van der Waals surface area (Å²) < 4.78 is 6.79. The quantitative estimate of drug-likeness (QED) is 0.543. The van der Waals surface area contributed by atoms with Gasteiger partial charge >= 0.3 is 0 Å². The highest BCUT2D eigenvalue weighted by Crippen LogP contribution is 2.65. The number of ether oxygens (including phenoxy) is 1. The lowest BCUT2D eigenvalue weighted by atomic mass is 9.53. The van der Waals surface area contributed by atoms with Gasteiger partial charge in [0.2, 0.25) is 11.6 Å². The zero-order valence-electron chi connectivity index (χ0n) is 14.4. The normalized spacial score (nSPS) is 57.3. The molecule has 0 radical (unpaired) electrons. The molecule has 7 rings (SSSR count). The van der Waals surface area contributed by atoms with Crippen molar-refractivity contribution < 1.29 is 19.3 Å². The molecule has 0 amide bonds. The summed E-state index contributed by atoms with van der Waals surface area (Å²) >= 11 is 0. The van der Waals surface area contributed by atoms with Crippen molar-refractivity contribution in [1.82, 2.24) is 0 Å². The van der Waals surface area contributed by atoms with Crippen molar-refractivity contribution in [2.24, 2.45) is 40.7 Å². The fourth-order valence-corrected chi connectivity index (χ4v) is 7.35. The highest BCUT2D eigenvalue weighted by Gasteiger charge is 2.68. The number of oxime groups is 1. The molecule has 1 aliphatic heterocycles. The van der Waals surface area contributed by atoms with Crippen molar-refractivity contribution in [3.8, 4) is 0 Å². The maximum Gasteiger partial charge on any atom is 0.210 e. The van der Waals surface area contributed by atoms with Gasteiger partial charge in [-0.25, -0.2) is 0 Å². The van der Waals surface area contributed by atoms with Gasteiger partial charge in [0.15, 0.2) is 0 Å². The highest BCUT2D eigenvalue weighted by molar-refractivity contribution is 5.86. The first kappa shape index (κ1) is 14.5. The van der Waals surface area contributed by atoms with Crippen molar-refractivity contribution >= 4 is 5.71 Å². The molecule has 6 aliphatic carbocycles. The van der Waals surface area contributed by atoms with E-state index in [0.29, 0.717) is 23.7 Å². The third-order valence-corrected chi connectivity index (χ3v) is 7.97. The van der Waals surface area contributed by atoms with Crippen LogP contribution in [0.15, 0.2) is 5.16 Å². The van der Waals surface area contributed by atoms with Gasteiger partial charge in [-0.15, -0.1) is 0 Å². The van der Waals surface area contributed by atoms with E-state index in [1.54, 1.807) is 7.11 Å². The molecule has 4 bridgehead atoms. The van der Waals surface area contributed by atoms with E-state index in [2.05, 4.69) is 5.16 Å². The van der Waals surface area contributed by atoms with Gasteiger partial charge in [-0.3, -0.25) is 0 Å². The van der Waals surface area contributed by atoms with E-state index >= 15 is 0 Å². The van der Waals surface area contributed by atoms with Crippen LogP contribution in [0.1, 0.15) is 57.8 Å². The third kappa shape index (κ3) is 1.84. The molecule has 1 saturated heterocycles. The molecular formula is C19H27NO4. The molecule has 2 atom stereocenters. The summed E-state index contributed by atoms with van der Waals surface area (Å²) in [4.78, 5) is 17.1. The molecule has 5 nitrogen and oxygen atoms in total. The van der Waals surface area contributed by atoms with Crippen molar-refractivity contribution in [3.05, 3.63) is 0 Å². The molecule has 6 saturated carbocycles. The van der Waals surface area contributed by atoms with Crippen molar-refractivity contribution in [2.45, 2.75) is 69.4 Å². The molecule has 24 heavy (non-hydrogen) atoms. The predicted molar refractivity (Wildman–Crippen MR) is 85.7 cm³/mol. The zero-order valence-corrected chi connectivity index (χ0v) is 14.4. The van der Waals surface area contributed by atoms with E-state index in [1.165, 1.54) is 37.8 Å². The van der Waals surface area contributed by atoms with Gasteiger partial charge in [-0.05, 0) is 68.6 Å². The summed E-state index contributed by atoms with van der Waals surface area (Å²) in [6.45, 7) is 0. The molecule has 2 unspecified atom stereocenters. The van der Waals surface area contributed by atoms with Crippen LogP contribution in [-0.2, 0) is 19.3 Å². The molecule has 1 heterocycles. The first-order valence-electron chi connectivity index (χ1n) is 9.84. The Labute approximate surface area is 143 Å². The summed E-state index contributed by atoms with van der Waals surface area (Å²) in [7, 11) is 1.63. The van der Waals surface area contributed by atoms with Crippen LogP contribution >= 0.6 is 0 Å². The molecule has 0 aromatic rings. The molecule has 0 N–H and O–H groups in total. The van der Waals surface area contributed by atoms with Crippen LogP contribution in [0, 0.1) is 35.5 Å². The second-order valence-corrected chi connectivity index (χ2v) is 9.38. The Morgan fingerprint density at radius 2 is 1.54 bits per heavy atom. The van der Waals surface area contributed by atoms with Crippen LogP contribution in [0.25, 0.3) is 0 Å². The van der Waals surface area contributed by atoms with Gasteiger partial charge in [-0.1, -0.05) is 5.16 Å². The Balaban J connectivity index is 1.23. The van der Waals surface area contributed by atoms with E-state index in [9.17, 15) is 0 Å². The Hall–Kier alpha value is -0.650. The number of hydrogen-bond acceptors (Lipinski definition) is 5. The van der Waals surface area contributed by atoms with E-state index < -0.39 is 11.6 Å². The monoisotopic (exact) mass is 333 g/mol. The summed E-state index contributed by atoms with van der Waals surface area (Å²) in [6.07, 6.45) is 10.5. The van der Waals surface area contributed by atoms with Crippen molar-refractivity contribution in [3.63, 3.8) is 0 Å². The molecule has 7 aliphatic rings. The molecule has 0 aromatic carbocycles. The second kappa shape index (κ2) is 4.74. The fourth-order valence-electron chi connectivity index (χ4n) is 7.35. The van der Waals surface area contributed by atoms with Crippen LogP contribution in [0.2, 0.25) is 0 Å². The van der Waals surface area contributed by atoms with Crippen molar-refractivity contribution in [1.29, 1.82) is 0 Å². The van der Waals surface area contributed by atoms with Crippen LogP contribution in [-0.4, -0.2) is 24.4 Å². The molecule has 5 heteroatoms. The minimum absolute atomic E-state index is 0.421. The standard InChI is InChI=1S/C19H27NO4/c1-21-20-17-7-13-9-18(10-14(13)8-17)22-19(24-23-18)15-3-11-2-12(5-15)6-16(19)4-11/h11-16H,2-10H2,1H3. The molecule has 0 aromatic heterocycles. The Bertz CT molecular complexity index is 544. The third-order valence-electron chi connectivity index (χ3n) is 7.97. The lowest BCUT2D eigenvalue weighted by Gasteiger charge is -2.57. The maximum absolute atomic E-state index is 6.79. The number of hydrogen-bond donors (Lipinski definition) is 0. The SMILES string of the molecule is CON=C1CC2CC3(CC2C1)OOC1(O3)C2CC3CC(C2)CC1C3. The smallest absolute Gasteiger partial charge is 0.210 e. The zero-order chi connectivity index (χ0) is 15.9. The van der Waals surface area contributed by atoms with Crippen LogP contribution in [0.5, 0.6) is 0 Å². The van der Waals surface area contributed by atoms with Gasteiger partial charge in [0.1, 0.15) is 7.11 Å². The number of nitrogens with zero attached hydrogens (tertiary/aromatic N) is 1. The first-order chi connectivity index (χ1) is 11.7. The Morgan fingerprint density at radius 3 is 2.12 bits per heavy atom. The van der Waals surface area contributed by atoms with Gasteiger partial charge in [0.05, 0.1) is 5.71 Å². The Morgan fingerprint density at radius 1 is 0.917 bits per heavy atom. The second-order valence-electron chi connectivity index (χ2n) is 9.38. The Kier molecular flexibility index (Phi) is 2.87. The average molecular weight is 333 g/mol.